The summed E-state index contributed by atoms with van der Waals surface area (Å²) in [5.41, 5.74) is 0. The van der Waals surface area contributed by atoms with E-state index < -0.39 is 0 Å². The topological polar surface area (TPSA) is 32.3 Å². The fourth-order valence-electron chi connectivity index (χ4n) is 3.37. The van der Waals surface area contributed by atoms with Gasteiger partial charge >= 0.3 is 0 Å². The van der Waals surface area contributed by atoms with Gasteiger partial charge in [-0.3, -0.25) is 4.79 Å². The Balaban J connectivity index is 1.84. The third-order valence-corrected chi connectivity index (χ3v) is 4.53. The van der Waals surface area contributed by atoms with Crippen molar-refractivity contribution in [1.29, 1.82) is 0 Å². The molecular formula is C15H28N2O. The van der Waals surface area contributed by atoms with Crippen molar-refractivity contribution < 1.29 is 4.79 Å². The predicted octanol–water partition coefficient (Wildman–Crippen LogP) is 2.41. The summed E-state index contributed by atoms with van der Waals surface area (Å²) in [7, 11) is 0. The van der Waals surface area contributed by atoms with Crippen molar-refractivity contribution in [2.45, 2.75) is 51.9 Å². The van der Waals surface area contributed by atoms with Crippen LogP contribution in [-0.4, -0.2) is 37.0 Å². The van der Waals surface area contributed by atoms with Gasteiger partial charge in [0.05, 0.1) is 0 Å². The van der Waals surface area contributed by atoms with Crippen LogP contribution < -0.4 is 5.32 Å². The highest BCUT2D eigenvalue weighted by atomic mass is 16.2. The third-order valence-electron chi connectivity index (χ3n) is 4.53. The van der Waals surface area contributed by atoms with Crippen molar-refractivity contribution in [2.24, 2.45) is 11.8 Å². The Morgan fingerprint density at radius 3 is 2.56 bits per heavy atom. The van der Waals surface area contributed by atoms with E-state index in [2.05, 4.69) is 17.1 Å². The standard InChI is InChI=1S/C15H28N2O/c1-2-17(12-13-7-6-10-16-11-13)15(18)14-8-4-3-5-9-14/h13-14,16H,2-12H2,1H3. The van der Waals surface area contributed by atoms with Gasteiger partial charge in [0.15, 0.2) is 0 Å². The number of amides is 1. The molecule has 1 unspecified atom stereocenters. The van der Waals surface area contributed by atoms with Crippen LogP contribution in [-0.2, 0) is 4.79 Å². The predicted molar refractivity (Wildman–Crippen MR) is 74.4 cm³/mol. The molecule has 1 saturated heterocycles. The zero-order chi connectivity index (χ0) is 12.8. The summed E-state index contributed by atoms with van der Waals surface area (Å²) in [5.74, 6) is 1.43. The Morgan fingerprint density at radius 2 is 1.94 bits per heavy atom. The van der Waals surface area contributed by atoms with Crippen molar-refractivity contribution in [3.8, 4) is 0 Å². The molecule has 1 N–H and O–H groups in total. The quantitative estimate of drug-likeness (QED) is 0.833. The molecule has 0 radical (unpaired) electrons. The lowest BCUT2D eigenvalue weighted by atomic mass is 9.88. The number of carbonyl (C=O) groups is 1. The summed E-state index contributed by atoms with van der Waals surface area (Å²) in [6, 6.07) is 0. The fourth-order valence-corrected chi connectivity index (χ4v) is 3.37. The minimum Gasteiger partial charge on any atom is -0.342 e. The lowest BCUT2D eigenvalue weighted by molar-refractivity contribution is -0.137. The van der Waals surface area contributed by atoms with E-state index >= 15 is 0 Å². The van der Waals surface area contributed by atoms with E-state index in [9.17, 15) is 4.79 Å². The fraction of sp³-hybridized carbons (Fsp3) is 0.933. The zero-order valence-corrected chi connectivity index (χ0v) is 11.8. The molecule has 1 amide bonds. The van der Waals surface area contributed by atoms with Crippen LogP contribution in [0.5, 0.6) is 0 Å². The molecule has 1 saturated carbocycles. The lowest BCUT2D eigenvalue weighted by Gasteiger charge is -2.33. The number of carbonyl (C=O) groups excluding carboxylic acids is 1. The molecule has 3 heteroatoms. The van der Waals surface area contributed by atoms with Crippen LogP contribution in [0.1, 0.15) is 51.9 Å². The van der Waals surface area contributed by atoms with E-state index in [1.807, 2.05) is 0 Å². The SMILES string of the molecule is CCN(CC1CCCNC1)C(=O)C1CCCCC1. The monoisotopic (exact) mass is 252 g/mol. The van der Waals surface area contributed by atoms with Gasteiger partial charge in [-0.2, -0.15) is 0 Å². The van der Waals surface area contributed by atoms with E-state index in [1.165, 1.54) is 32.1 Å². The van der Waals surface area contributed by atoms with Gasteiger partial charge in [-0.15, -0.1) is 0 Å². The first-order valence-electron chi connectivity index (χ1n) is 7.80. The second-order valence-corrected chi connectivity index (χ2v) is 5.92. The molecular weight excluding hydrogens is 224 g/mol. The van der Waals surface area contributed by atoms with Gasteiger partial charge in [-0.25, -0.2) is 0 Å². The smallest absolute Gasteiger partial charge is 0.225 e. The molecule has 0 bridgehead atoms. The molecule has 1 aliphatic heterocycles. The molecule has 3 nitrogen and oxygen atoms in total. The first kappa shape index (κ1) is 13.9. The molecule has 104 valence electrons. The van der Waals surface area contributed by atoms with Crippen molar-refractivity contribution in [1.82, 2.24) is 10.2 Å². The van der Waals surface area contributed by atoms with E-state index in [0.717, 1.165) is 39.0 Å². The van der Waals surface area contributed by atoms with Crippen molar-refractivity contribution in [3.05, 3.63) is 0 Å². The van der Waals surface area contributed by atoms with Gasteiger partial charge < -0.3 is 10.2 Å². The Bertz CT molecular complexity index is 255. The molecule has 0 spiro atoms. The van der Waals surface area contributed by atoms with Gasteiger partial charge in [0.2, 0.25) is 5.91 Å². The van der Waals surface area contributed by atoms with Crippen LogP contribution in [0.3, 0.4) is 0 Å². The second kappa shape index (κ2) is 7.13. The molecule has 1 aliphatic carbocycles. The first-order chi connectivity index (χ1) is 8.81. The Labute approximate surface area is 111 Å². The summed E-state index contributed by atoms with van der Waals surface area (Å²) < 4.78 is 0. The highest BCUT2D eigenvalue weighted by Gasteiger charge is 2.27. The number of piperidine rings is 1. The van der Waals surface area contributed by atoms with Gasteiger partial charge in [-0.05, 0) is 51.6 Å². The molecule has 18 heavy (non-hydrogen) atoms. The highest BCUT2D eigenvalue weighted by Crippen LogP contribution is 2.26. The summed E-state index contributed by atoms with van der Waals surface area (Å²) >= 11 is 0. The van der Waals surface area contributed by atoms with Crippen molar-refractivity contribution >= 4 is 5.91 Å². The van der Waals surface area contributed by atoms with E-state index in [4.69, 9.17) is 0 Å². The van der Waals surface area contributed by atoms with Crippen LogP contribution in [0.4, 0.5) is 0 Å². The molecule has 2 rings (SSSR count). The van der Waals surface area contributed by atoms with Crippen molar-refractivity contribution in [3.63, 3.8) is 0 Å². The molecule has 1 atom stereocenters. The van der Waals surface area contributed by atoms with Gasteiger partial charge in [-0.1, -0.05) is 19.3 Å². The first-order valence-corrected chi connectivity index (χ1v) is 7.80. The Hall–Kier alpha value is -0.570. The number of nitrogens with zero attached hydrogens (tertiary/aromatic N) is 1. The summed E-state index contributed by atoms with van der Waals surface area (Å²) in [6.45, 7) is 6.22. The van der Waals surface area contributed by atoms with E-state index in [1.54, 1.807) is 0 Å². The van der Waals surface area contributed by atoms with Crippen LogP contribution >= 0.6 is 0 Å². The number of hydrogen-bond acceptors (Lipinski definition) is 2. The largest absolute Gasteiger partial charge is 0.342 e. The second-order valence-electron chi connectivity index (χ2n) is 5.92. The minimum absolute atomic E-state index is 0.329. The molecule has 0 aromatic heterocycles. The number of nitrogens with one attached hydrogen (secondary N) is 1. The van der Waals surface area contributed by atoms with Crippen LogP contribution in [0.15, 0.2) is 0 Å². The molecule has 0 aromatic carbocycles. The maximum atomic E-state index is 12.5. The number of rotatable bonds is 4. The third kappa shape index (κ3) is 3.71. The maximum absolute atomic E-state index is 12.5. The zero-order valence-electron chi connectivity index (χ0n) is 11.8. The number of hydrogen-bond donors (Lipinski definition) is 1. The van der Waals surface area contributed by atoms with Gasteiger partial charge in [0, 0.05) is 19.0 Å². The lowest BCUT2D eigenvalue weighted by Crippen LogP contribution is -2.43. The normalized spacial score (nSPS) is 25.9. The molecule has 0 aromatic rings. The molecule has 2 aliphatic rings. The van der Waals surface area contributed by atoms with E-state index in [-0.39, 0.29) is 0 Å². The Kier molecular flexibility index (Phi) is 5.48. The Morgan fingerprint density at radius 1 is 1.17 bits per heavy atom. The summed E-state index contributed by atoms with van der Waals surface area (Å²) in [6.07, 6.45) is 8.61. The van der Waals surface area contributed by atoms with Crippen LogP contribution in [0.2, 0.25) is 0 Å². The van der Waals surface area contributed by atoms with Crippen molar-refractivity contribution in [2.75, 3.05) is 26.2 Å². The van der Waals surface area contributed by atoms with Gasteiger partial charge in [0.25, 0.3) is 0 Å². The molecule has 2 fully saturated rings. The summed E-state index contributed by atoms with van der Waals surface area (Å²) in [4.78, 5) is 14.6. The summed E-state index contributed by atoms with van der Waals surface area (Å²) in [5, 5.41) is 3.44. The van der Waals surface area contributed by atoms with Crippen LogP contribution in [0.25, 0.3) is 0 Å². The molecule has 1 heterocycles. The highest BCUT2D eigenvalue weighted by molar-refractivity contribution is 5.78. The average Bonchev–Trinajstić information content (AvgIpc) is 2.46. The minimum atomic E-state index is 0.329. The maximum Gasteiger partial charge on any atom is 0.225 e. The van der Waals surface area contributed by atoms with Gasteiger partial charge in [0.1, 0.15) is 0 Å². The van der Waals surface area contributed by atoms with E-state index in [0.29, 0.717) is 17.7 Å². The van der Waals surface area contributed by atoms with Crippen LogP contribution in [0, 0.1) is 11.8 Å². The average molecular weight is 252 g/mol.